The number of ether oxygens (including phenoxy) is 1. The summed E-state index contributed by atoms with van der Waals surface area (Å²) in [5, 5.41) is 11.9. The van der Waals surface area contributed by atoms with Crippen LogP contribution in [0.3, 0.4) is 0 Å². The zero-order chi connectivity index (χ0) is 28.5. The third kappa shape index (κ3) is 4.54. The molecule has 1 N–H and O–H groups in total. The van der Waals surface area contributed by atoms with Gasteiger partial charge in [0.25, 0.3) is 5.88 Å². The van der Waals surface area contributed by atoms with Crippen LogP contribution in [0.5, 0.6) is 11.6 Å². The highest BCUT2D eigenvalue weighted by molar-refractivity contribution is 5.73. The Labute approximate surface area is 246 Å². The molecule has 2 aromatic heterocycles. The fourth-order valence-corrected chi connectivity index (χ4v) is 8.40. The molecule has 2 aliphatic carbocycles. The summed E-state index contributed by atoms with van der Waals surface area (Å²) < 4.78 is 20.9. The summed E-state index contributed by atoms with van der Waals surface area (Å²) in [7, 11) is 0. The molecule has 0 radical (unpaired) electrons. The Bertz CT molecular complexity index is 1480. The van der Waals surface area contributed by atoms with Crippen LogP contribution in [0.2, 0.25) is 0 Å². The molecule has 8 rings (SSSR count). The van der Waals surface area contributed by atoms with Crippen molar-refractivity contribution in [1.82, 2.24) is 35.4 Å². The zero-order valence-corrected chi connectivity index (χ0v) is 24.5. The Morgan fingerprint density at radius 1 is 1.02 bits per heavy atom. The van der Waals surface area contributed by atoms with Crippen molar-refractivity contribution in [3.05, 3.63) is 48.6 Å². The maximum atomic E-state index is 14.5. The normalized spacial score (nSPS) is 23.6. The van der Waals surface area contributed by atoms with E-state index in [-0.39, 0.29) is 11.2 Å². The van der Waals surface area contributed by atoms with Crippen LogP contribution in [0.4, 0.5) is 10.2 Å². The fourth-order valence-electron chi connectivity index (χ4n) is 8.40. The second kappa shape index (κ2) is 9.91. The number of hydrogen-bond donors (Lipinski definition) is 1. The van der Waals surface area contributed by atoms with Crippen LogP contribution >= 0.6 is 0 Å². The van der Waals surface area contributed by atoms with E-state index in [2.05, 4.69) is 54.1 Å². The molecule has 2 saturated carbocycles. The predicted molar refractivity (Wildman–Crippen MR) is 157 cm³/mol. The Morgan fingerprint density at radius 2 is 1.86 bits per heavy atom. The molecule has 5 aliphatic rings. The van der Waals surface area contributed by atoms with E-state index >= 15 is 0 Å². The smallest absolute Gasteiger partial charge is 0.282 e. The van der Waals surface area contributed by atoms with Gasteiger partial charge in [-0.2, -0.15) is 0 Å². The largest absolute Gasteiger partial charge is 0.434 e. The van der Waals surface area contributed by atoms with Crippen molar-refractivity contribution in [2.75, 3.05) is 44.2 Å². The molecule has 3 aromatic rings. The van der Waals surface area contributed by atoms with Gasteiger partial charge in [0.05, 0.1) is 5.69 Å². The molecular formula is C32H39FN8O. The highest BCUT2D eigenvalue weighted by Gasteiger charge is 2.56. The van der Waals surface area contributed by atoms with Crippen LogP contribution in [0, 0.1) is 28.5 Å². The van der Waals surface area contributed by atoms with Crippen molar-refractivity contribution in [3.63, 3.8) is 0 Å². The number of likely N-dealkylation sites (tertiary alicyclic amines) is 1. The number of benzene rings is 1. The van der Waals surface area contributed by atoms with Crippen LogP contribution in [0.1, 0.15) is 57.6 Å². The lowest BCUT2D eigenvalue weighted by molar-refractivity contribution is -0.107. The van der Waals surface area contributed by atoms with Crippen LogP contribution < -0.4 is 15.0 Å². The molecule has 3 aliphatic heterocycles. The van der Waals surface area contributed by atoms with E-state index in [1.165, 1.54) is 44.4 Å². The topological polar surface area (TPSA) is 92.2 Å². The minimum Gasteiger partial charge on any atom is -0.434 e. The van der Waals surface area contributed by atoms with Gasteiger partial charge in [0.1, 0.15) is 24.2 Å². The highest BCUT2D eigenvalue weighted by Crippen LogP contribution is 2.54. The first-order valence-corrected chi connectivity index (χ1v) is 15.6. The zero-order valence-electron chi connectivity index (χ0n) is 24.5. The third-order valence-corrected chi connectivity index (χ3v) is 10.5. The molecule has 10 heteroatoms. The summed E-state index contributed by atoms with van der Waals surface area (Å²) in [4.78, 5) is 18.5. The van der Waals surface area contributed by atoms with Crippen LogP contribution in [-0.2, 0) is 0 Å². The lowest BCUT2D eigenvalue weighted by Crippen LogP contribution is -2.68. The van der Waals surface area contributed by atoms with Crippen molar-refractivity contribution in [3.8, 4) is 22.8 Å². The van der Waals surface area contributed by atoms with E-state index in [0.29, 0.717) is 46.3 Å². The Morgan fingerprint density at radius 3 is 2.60 bits per heavy atom. The molecular weight excluding hydrogens is 531 g/mol. The van der Waals surface area contributed by atoms with Crippen LogP contribution in [0.15, 0.2) is 37.1 Å². The van der Waals surface area contributed by atoms with Gasteiger partial charge in [-0.25, -0.2) is 19.3 Å². The van der Waals surface area contributed by atoms with Crippen molar-refractivity contribution >= 4 is 5.82 Å². The standard InChI is InChI=1S/C32H39FN8O/c1-20(2)28(22-10-32(11-22)13-35-14-32)41-16-31(17-41)7-8-40(15-31)29-30(39-38-19-37-29)42-26-6-5-23(33)9-24(26)25-12-34-18-36-27(25)21-3-4-21/h5-6,9,12,18-22,28,35H,3-4,7-8,10-11,13-17H2,1-2H3. The van der Waals surface area contributed by atoms with Crippen molar-refractivity contribution in [2.45, 2.75) is 57.9 Å². The summed E-state index contributed by atoms with van der Waals surface area (Å²) in [6.45, 7) is 11.3. The molecule has 9 nitrogen and oxygen atoms in total. The van der Waals surface area contributed by atoms with Crippen LogP contribution in [-0.4, -0.2) is 75.4 Å². The van der Waals surface area contributed by atoms with Crippen molar-refractivity contribution < 1.29 is 9.13 Å². The molecule has 1 atom stereocenters. The monoisotopic (exact) mass is 570 g/mol. The average Bonchev–Trinajstić information content (AvgIpc) is 3.68. The molecule has 220 valence electrons. The van der Waals surface area contributed by atoms with Gasteiger partial charge in [0.2, 0.25) is 0 Å². The summed E-state index contributed by atoms with van der Waals surface area (Å²) in [5.74, 6) is 3.08. The molecule has 1 unspecified atom stereocenters. The van der Waals surface area contributed by atoms with Crippen LogP contribution in [0.25, 0.3) is 11.1 Å². The summed E-state index contributed by atoms with van der Waals surface area (Å²) in [6.07, 6.45) is 10.9. The van der Waals surface area contributed by atoms with Gasteiger partial charge in [-0.1, -0.05) is 13.8 Å². The first kappa shape index (κ1) is 26.4. The Hall–Kier alpha value is -3.24. The van der Waals surface area contributed by atoms with E-state index in [4.69, 9.17) is 4.74 Å². The number of hydrogen-bond acceptors (Lipinski definition) is 9. The van der Waals surface area contributed by atoms with E-state index < -0.39 is 0 Å². The quantitative estimate of drug-likeness (QED) is 0.415. The number of aromatic nitrogens is 5. The summed E-state index contributed by atoms with van der Waals surface area (Å²) >= 11 is 0. The highest BCUT2D eigenvalue weighted by atomic mass is 19.1. The Balaban J connectivity index is 0.994. The number of nitrogens with one attached hydrogen (secondary N) is 1. The molecule has 5 heterocycles. The maximum absolute atomic E-state index is 14.5. The van der Waals surface area contributed by atoms with E-state index in [9.17, 15) is 4.39 Å². The van der Waals surface area contributed by atoms with Gasteiger partial charge in [0.15, 0.2) is 5.82 Å². The first-order chi connectivity index (χ1) is 20.4. The van der Waals surface area contributed by atoms with Gasteiger partial charge in [-0.15, -0.1) is 10.2 Å². The molecule has 0 bridgehead atoms. The summed E-state index contributed by atoms with van der Waals surface area (Å²) in [5.41, 5.74) is 3.24. The van der Waals surface area contributed by atoms with Gasteiger partial charge >= 0.3 is 0 Å². The first-order valence-electron chi connectivity index (χ1n) is 15.6. The molecule has 2 spiro atoms. The molecule has 1 aromatic carbocycles. The second-order valence-electron chi connectivity index (χ2n) is 14.0. The molecule has 3 saturated heterocycles. The van der Waals surface area contributed by atoms with Gasteiger partial charge in [-0.3, -0.25) is 4.90 Å². The lowest BCUT2D eigenvalue weighted by Gasteiger charge is -2.62. The Kier molecular flexibility index (Phi) is 6.23. The maximum Gasteiger partial charge on any atom is 0.282 e. The fraction of sp³-hybridized carbons (Fsp3) is 0.594. The van der Waals surface area contributed by atoms with Crippen molar-refractivity contribution in [1.29, 1.82) is 0 Å². The van der Waals surface area contributed by atoms with Gasteiger partial charge in [0, 0.05) is 74.0 Å². The predicted octanol–water partition coefficient (Wildman–Crippen LogP) is 4.67. The molecule has 0 amide bonds. The molecule has 5 fully saturated rings. The minimum absolute atomic E-state index is 0.274. The SMILES string of the molecule is CC(C)C(C1CC2(CNC2)C1)N1CC2(CCN(c3ncnnc3Oc3ccc(F)cc3-c3cncnc3C3CC3)C2)C1. The molecule has 42 heavy (non-hydrogen) atoms. The van der Waals surface area contributed by atoms with E-state index in [1.807, 2.05) is 0 Å². The number of rotatable bonds is 8. The lowest BCUT2D eigenvalue weighted by atomic mass is 9.55. The van der Waals surface area contributed by atoms with Crippen molar-refractivity contribution in [2.24, 2.45) is 22.7 Å². The summed E-state index contributed by atoms with van der Waals surface area (Å²) in [6, 6.07) is 5.23. The van der Waals surface area contributed by atoms with Gasteiger partial charge in [-0.05, 0) is 67.6 Å². The number of anilines is 1. The third-order valence-electron chi connectivity index (χ3n) is 10.5. The second-order valence-corrected chi connectivity index (χ2v) is 14.0. The van der Waals surface area contributed by atoms with E-state index in [0.717, 1.165) is 62.6 Å². The minimum atomic E-state index is -0.336. The number of nitrogens with zero attached hydrogens (tertiary/aromatic N) is 7. The van der Waals surface area contributed by atoms with Gasteiger partial charge < -0.3 is 15.0 Å². The van der Waals surface area contributed by atoms with E-state index in [1.54, 1.807) is 18.6 Å². The average molecular weight is 571 g/mol. The number of halogens is 1.